The number of nitrogens with zero attached hydrogens (tertiary/aromatic N) is 1. The Hall–Kier alpha value is -1.51. The maximum absolute atomic E-state index is 13.8. The van der Waals surface area contributed by atoms with Gasteiger partial charge in [-0.25, -0.2) is 17.2 Å². The van der Waals surface area contributed by atoms with E-state index in [2.05, 4.69) is 21.2 Å². The van der Waals surface area contributed by atoms with Crippen LogP contribution >= 0.6 is 15.9 Å². The minimum Gasteiger partial charge on any atom is -0.384 e. The summed E-state index contributed by atoms with van der Waals surface area (Å²) < 4.78 is 52.7. The Morgan fingerprint density at radius 1 is 1.13 bits per heavy atom. The molecule has 0 aliphatic rings. The summed E-state index contributed by atoms with van der Waals surface area (Å²) in [6.07, 6.45) is 0. The first-order valence-electron chi connectivity index (χ1n) is 6.72. The molecule has 0 fully saturated rings. The Morgan fingerprint density at radius 3 is 2.43 bits per heavy atom. The average Bonchev–Trinajstić information content (AvgIpc) is 2.51. The fraction of sp³-hybridized carbons (Fsp3) is 0.200. The molecule has 0 atom stereocenters. The zero-order chi connectivity index (χ0) is 17.0. The van der Waals surface area contributed by atoms with Crippen LogP contribution in [0.2, 0.25) is 0 Å². The van der Waals surface area contributed by atoms with Crippen LogP contribution in [0, 0.1) is 11.6 Å². The van der Waals surface area contributed by atoms with E-state index in [-0.39, 0.29) is 11.0 Å². The molecule has 0 saturated carbocycles. The highest BCUT2D eigenvalue weighted by atomic mass is 79.9. The van der Waals surface area contributed by atoms with Gasteiger partial charge in [0.25, 0.3) is 0 Å². The van der Waals surface area contributed by atoms with Gasteiger partial charge in [0.05, 0.1) is 4.47 Å². The molecule has 0 bridgehead atoms. The van der Waals surface area contributed by atoms with Gasteiger partial charge in [-0.3, -0.25) is 0 Å². The fourth-order valence-electron chi connectivity index (χ4n) is 1.90. The standard InChI is InChI=1S/C15H15BrF2N2O2S/c1-20(8-7-19-11-5-3-2-4-6-11)23(21,22)15-9-12(16)13(17)10-14(15)18/h2-6,9-10,19H,7-8H2,1H3. The summed E-state index contributed by atoms with van der Waals surface area (Å²) in [5.41, 5.74) is 0.856. The third-order valence-corrected chi connectivity index (χ3v) is 5.67. The minimum absolute atomic E-state index is 0.103. The van der Waals surface area contributed by atoms with Crippen molar-refractivity contribution in [2.24, 2.45) is 0 Å². The lowest BCUT2D eigenvalue weighted by molar-refractivity contribution is 0.470. The zero-order valence-electron chi connectivity index (χ0n) is 12.3. The molecule has 0 aliphatic carbocycles. The molecule has 0 unspecified atom stereocenters. The van der Waals surface area contributed by atoms with E-state index in [9.17, 15) is 17.2 Å². The molecular weight excluding hydrogens is 390 g/mol. The predicted octanol–water partition coefficient (Wildman–Crippen LogP) is 3.46. The third-order valence-electron chi connectivity index (χ3n) is 3.19. The van der Waals surface area contributed by atoms with Crippen LogP contribution in [0.25, 0.3) is 0 Å². The van der Waals surface area contributed by atoms with Crippen LogP contribution in [0.5, 0.6) is 0 Å². The summed E-state index contributed by atoms with van der Waals surface area (Å²) >= 11 is 2.87. The molecule has 8 heteroatoms. The van der Waals surface area contributed by atoms with E-state index in [0.717, 1.165) is 16.1 Å². The number of nitrogens with one attached hydrogen (secondary N) is 1. The van der Waals surface area contributed by atoms with Crippen LogP contribution in [-0.4, -0.2) is 32.9 Å². The lowest BCUT2D eigenvalue weighted by Crippen LogP contribution is -2.32. The number of likely N-dealkylation sites (N-methyl/N-ethyl adjacent to an activating group) is 1. The van der Waals surface area contributed by atoms with Gasteiger partial charge in [-0.15, -0.1) is 0 Å². The van der Waals surface area contributed by atoms with Crippen molar-refractivity contribution in [3.8, 4) is 0 Å². The van der Waals surface area contributed by atoms with Gasteiger partial charge in [0.1, 0.15) is 16.5 Å². The molecule has 0 aliphatic heterocycles. The van der Waals surface area contributed by atoms with Crippen molar-refractivity contribution in [2.75, 3.05) is 25.5 Å². The first-order chi connectivity index (χ1) is 10.8. The number of hydrogen-bond donors (Lipinski definition) is 1. The second-order valence-electron chi connectivity index (χ2n) is 4.82. The van der Waals surface area contributed by atoms with Gasteiger partial charge in [-0.05, 0) is 34.1 Å². The highest BCUT2D eigenvalue weighted by Crippen LogP contribution is 2.25. The Kier molecular flexibility index (Phi) is 5.72. The van der Waals surface area contributed by atoms with Crippen molar-refractivity contribution >= 4 is 31.6 Å². The highest BCUT2D eigenvalue weighted by Gasteiger charge is 2.25. The number of anilines is 1. The Morgan fingerprint density at radius 2 is 1.78 bits per heavy atom. The Labute approximate surface area is 142 Å². The fourth-order valence-corrected chi connectivity index (χ4v) is 3.64. The SMILES string of the molecule is CN(CCNc1ccccc1)S(=O)(=O)c1cc(Br)c(F)cc1F. The molecule has 2 aromatic rings. The van der Waals surface area contributed by atoms with Crippen LogP contribution < -0.4 is 5.32 Å². The monoisotopic (exact) mass is 404 g/mol. The summed E-state index contributed by atoms with van der Waals surface area (Å²) in [7, 11) is -2.70. The van der Waals surface area contributed by atoms with Gasteiger partial charge < -0.3 is 5.32 Å². The summed E-state index contributed by atoms with van der Waals surface area (Å²) in [6.45, 7) is 0.482. The van der Waals surface area contributed by atoms with Crippen LogP contribution in [0.1, 0.15) is 0 Å². The number of sulfonamides is 1. The van der Waals surface area contributed by atoms with Gasteiger partial charge in [-0.2, -0.15) is 4.31 Å². The number of benzene rings is 2. The predicted molar refractivity (Wildman–Crippen MR) is 88.8 cm³/mol. The van der Waals surface area contributed by atoms with Gasteiger partial charge in [0.2, 0.25) is 10.0 Å². The molecule has 1 N–H and O–H groups in total. The highest BCUT2D eigenvalue weighted by molar-refractivity contribution is 9.10. The van der Waals surface area contributed by atoms with Crippen molar-refractivity contribution in [2.45, 2.75) is 4.90 Å². The molecule has 0 spiro atoms. The van der Waals surface area contributed by atoms with Gasteiger partial charge >= 0.3 is 0 Å². The van der Waals surface area contributed by atoms with Gasteiger partial charge in [0, 0.05) is 31.9 Å². The van der Waals surface area contributed by atoms with E-state index in [1.807, 2.05) is 30.3 Å². The van der Waals surface area contributed by atoms with Crippen LogP contribution in [0.15, 0.2) is 51.8 Å². The second-order valence-corrected chi connectivity index (χ2v) is 7.68. The molecule has 0 radical (unpaired) electrons. The summed E-state index contributed by atoms with van der Waals surface area (Å²) in [5, 5.41) is 3.07. The normalized spacial score (nSPS) is 11.7. The third kappa shape index (κ3) is 4.27. The van der Waals surface area contributed by atoms with Crippen molar-refractivity contribution < 1.29 is 17.2 Å². The maximum Gasteiger partial charge on any atom is 0.245 e. The molecule has 0 amide bonds. The van der Waals surface area contributed by atoms with E-state index >= 15 is 0 Å². The molecule has 124 valence electrons. The molecule has 0 saturated heterocycles. The summed E-state index contributed by atoms with van der Waals surface area (Å²) in [6, 6.07) is 10.8. The zero-order valence-corrected chi connectivity index (χ0v) is 14.7. The van der Waals surface area contributed by atoms with Crippen molar-refractivity contribution in [3.05, 3.63) is 58.6 Å². The lowest BCUT2D eigenvalue weighted by Gasteiger charge is -2.18. The summed E-state index contributed by atoms with van der Waals surface area (Å²) in [4.78, 5) is -0.562. The Bertz CT molecular complexity index is 786. The molecular formula is C15H15BrF2N2O2S. The topological polar surface area (TPSA) is 49.4 Å². The maximum atomic E-state index is 13.8. The van der Waals surface area contributed by atoms with Crippen LogP contribution in [0.3, 0.4) is 0 Å². The lowest BCUT2D eigenvalue weighted by atomic mass is 10.3. The molecule has 2 rings (SSSR count). The molecule has 0 heterocycles. The van der Waals surface area contributed by atoms with Gasteiger partial charge in [-0.1, -0.05) is 18.2 Å². The van der Waals surface area contributed by atoms with E-state index < -0.39 is 26.6 Å². The number of rotatable bonds is 6. The van der Waals surface area contributed by atoms with E-state index in [0.29, 0.717) is 12.6 Å². The van der Waals surface area contributed by atoms with E-state index in [1.54, 1.807) is 0 Å². The summed E-state index contributed by atoms with van der Waals surface area (Å²) in [5.74, 6) is -1.97. The number of halogens is 3. The number of hydrogen-bond acceptors (Lipinski definition) is 3. The van der Waals surface area contributed by atoms with Crippen molar-refractivity contribution in [1.82, 2.24) is 4.31 Å². The minimum atomic E-state index is -4.04. The molecule has 23 heavy (non-hydrogen) atoms. The smallest absolute Gasteiger partial charge is 0.245 e. The quantitative estimate of drug-likeness (QED) is 0.749. The Balaban J connectivity index is 2.08. The molecule has 2 aromatic carbocycles. The van der Waals surface area contributed by atoms with E-state index in [1.165, 1.54) is 7.05 Å². The van der Waals surface area contributed by atoms with E-state index in [4.69, 9.17) is 0 Å². The number of para-hydroxylation sites is 1. The van der Waals surface area contributed by atoms with Gasteiger partial charge in [0.15, 0.2) is 0 Å². The average molecular weight is 405 g/mol. The largest absolute Gasteiger partial charge is 0.384 e. The van der Waals surface area contributed by atoms with Crippen molar-refractivity contribution in [1.29, 1.82) is 0 Å². The second kappa shape index (κ2) is 7.37. The molecule has 0 aromatic heterocycles. The first kappa shape index (κ1) is 17.8. The van der Waals surface area contributed by atoms with Crippen LogP contribution in [0.4, 0.5) is 14.5 Å². The first-order valence-corrected chi connectivity index (χ1v) is 8.95. The van der Waals surface area contributed by atoms with Crippen LogP contribution in [-0.2, 0) is 10.0 Å². The van der Waals surface area contributed by atoms with Crippen molar-refractivity contribution in [3.63, 3.8) is 0 Å². The molecule has 4 nitrogen and oxygen atoms in total.